The standard InChI is InChI=1S/C18H17BrN5O6PS.Na/c19-17-21-11-14(24(17)16-12(25)13-10(29-16)7-28-31(27,32)30-13)22-18-20-9(6-23(18)15(11)26)8-4-2-1-3-5-8;/h1-6,10,12-13,16,18,20,22,25H,7H2,(H,27,32);/q;+1/p-1/t10-,12-,13-,16-,18?,31?;/m1./s1. The van der Waals surface area contributed by atoms with E-state index in [4.69, 9.17) is 25.6 Å². The largest absolute Gasteiger partial charge is 1.00 e. The Labute approximate surface area is 223 Å². The van der Waals surface area contributed by atoms with E-state index in [2.05, 4.69) is 31.5 Å². The Balaban J connectivity index is 0.00000228. The first-order valence-corrected chi connectivity index (χ1v) is 13.1. The van der Waals surface area contributed by atoms with Crippen molar-refractivity contribution >= 4 is 51.9 Å². The van der Waals surface area contributed by atoms with E-state index in [0.717, 1.165) is 11.3 Å². The molecule has 4 aliphatic rings. The van der Waals surface area contributed by atoms with Crippen molar-refractivity contribution < 1.29 is 58.1 Å². The van der Waals surface area contributed by atoms with Crippen molar-refractivity contribution in [1.29, 1.82) is 0 Å². The molecule has 168 valence electrons. The van der Waals surface area contributed by atoms with Gasteiger partial charge in [0.15, 0.2) is 22.9 Å². The predicted molar refractivity (Wildman–Crippen MR) is 116 cm³/mol. The van der Waals surface area contributed by atoms with Crippen molar-refractivity contribution in [2.75, 3.05) is 11.9 Å². The minimum Gasteiger partial charge on any atom is -0.780 e. The van der Waals surface area contributed by atoms with Crippen molar-refractivity contribution in [2.45, 2.75) is 30.8 Å². The molecule has 1 amide bonds. The fourth-order valence-corrected chi connectivity index (χ4v) is 6.23. The zero-order valence-electron chi connectivity index (χ0n) is 17.1. The number of benzene rings is 1. The number of ether oxygens (including phenoxy) is 1. The van der Waals surface area contributed by atoms with Gasteiger partial charge in [0.25, 0.3) is 5.91 Å². The third-order valence-electron chi connectivity index (χ3n) is 5.71. The van der Waals surface area contributed by atoms with Gasteiger partial charge in [-0.15, -0.1) is 0 Å². The maximum absolute atomic E-state index is 13.2. The Morgan fingerprint density at radius 1 is 1.30 bits per heavy atom. The monoisotopic (exact) mass is 563 g/mol. The topological polar surface area (TPSA) is 133 Å². The summed E-state index contributed by atoms with van der Waals surface area (Å²) < 4.78 is 18.1. The summed E-state index contributed by atoms with van der Waals surface area (Å²) >= 11 is 8.15. The van der Waals surface area contributed by atoms with Crippen molar-refractivity contribution in [3.05, 3.63) is 52.5 Å². The molecule has 1 aromatic heterocycles. The zero-order chi connectivity index (χ0) is 22.2. The van der Waals surface area contributed by atoms with Gasteiger partial charge in [0, 0.05) is 6.20 Å². The number of carbonyl (C=O) groups is 1. The summed E-state index contributed by atoms with van der Waals surface area (Å²) in [5.74, 6) is 0.0460. The van der Waals surface area contributed by atoms with Crippen LogP contribution in [0.1, 0.15) is 22.3 Å². The molecule has 3 N–H and O–H groups in total. The number of hydrogen-bond acceptors (Lipinski definition) is 10. The van der Waals surface area contributed by atoms with Crippen LogP contribution in [0.4, 0.5) is 5.82 Å². The molecule has 0 bridgehead atoms. The third-order valence-corrected chi connectivity index (χ3v) is 7.81. The zero-order valence-corrected chi connectivity index (χ0v) is 22.4. The van der Waals surface area contributed by atoms with Crippen LogP contribution in [-0.4, -0.2) is 56.7 Å². The summed E-state index contributed by atoms with van der Waals surface area (Å²) in [6.45, 7) is -3.75. The Morgan fingerprint density at radius 2 is 2.06 bits per heavy atom. The first-order chi connectivity index (χ1) is 15.3. The molecule has 6 rings (SSSR count). The number of nitrogens with zero attached hydrogens (tertiary/aromatic N) is 3. The molecule has 0 saturated carbocycles. The second-order valence-corrected chi connectivity index (χ2v) is 11.0. The molecule has 6 atom stereocenters. The minimum absolute atomic E-state index is 0. The summed E-state index contributed by atoms with van der Waals surface area (Å²) in [6, 6.07) is 9.62. The average Bonchev–Trinajstić information content (AvgIpc) is 3.43. The normalized spacial score (nSPS) is 34.4. The quantitative estimate of drug-likeness (QED) is 0.270. The van der Waals surface area contributed by atoms with Crippen LogP contribution in [-0.2, 0) is 25.6 Å². The van der Waals surface area contributed by atoms with E-state index < -0.39 is 37.5 Å². The van der Waals surface area contributed by atoms with E-state index in [0.29, 0.717) is 5.82 Å². The van der Waals surface area contributed by atoms with Gasteiger partial charge in [0.1, 0.15) is 30.8 Å². The molecule has 2 unspecified atom stereocenters. The van der Waals surface area contributed by atoms with Gasteiger partial charge in [-0.3, -0.25) is 14.3 Å². The SMILES string of the molecule is O=C1c2nc(Br)n([C@@H]3O[C@@H]4COP([O-])(=S)O[C@H]4[C@H]3O)c2NC2NC(c3ccccc3)=CN12.[Na+]. The molecule has 33 heavy (non-hydrogen) atoms. The van der Waals surface area contributed by atoms with Crippen LogP contribution in [0.5, 0.6) is 0 Å². The number of hydrogen-bond donors (Lipinski definition) is 3. The van der Waals surface area contributed by atoms with Crippen LogP contribution in [0.25, 0.3) is 5.70 Å². The molecule has 11 nitrogen and oxygen atoms in total. The number of anilines is 1. The van der Waals surface area contributed by atoms with Gasteiger partial charge >= 0.3 is 29.6 Å². The molecule has 0 spiro atoms. The first-order valence-electron chi connectivity index (χ1n) is 9.70. The summed E-state index contributed by atoms with van der Waals surface area (Å²) in [7, 11) is 0. The summed E-state index contributed by atoms with van der Waals surface area (Å²) in [6.07, 6.45) is -2.60. The van der Waals surface area contributed by atoms with Crippen LogP contribution >= 0.6 is 22.6 Å². The average molecular weight is 564 g/mol. The number of halogens is 1. The Bertz CT molecular complexity index is 1200. The smallest absolute Gasteiger partial charge is 0.780 e. The predicted octanol–water partition coefficient (Wildman–Crippen LogP) is -2.34. The maximum atomic E-state index is 13.2. The summed E-state index contributed by atoms with van der Waals surface area (Å²) in [5.41, 5.74) is 1.88. The second-order valence-electron chi connectivity index (χ2n) is 7.63. The van der Waals surface area contributed by atoms with Gasteiger partial charge in [0.05, 0.1) is 12.3 Å². The second kappa shape index (κ2) is 8.68. The first kappa shape index (κ1) is 23.9. The molecular formula is C18H16BrN5NaO6PS. The molecule has 0 radical (unpaired) electrons. The molecule has 2 fully saturated rings. The van der Waals surface area contributed by atoms with E-state index in [1.807, 2.05) is 30.3 Å². The number of carbonyl (C=O) groups excluding carboxylic acids is 1. The maximum Gasteiger partial charge on any atom is 1.00 e. The third kappa shape index (κ3) is 3.93. The number of aliphatic hydroxyl groups excluding tert-OH is 1. The number of nitrogens with one attached hydrogen (secondary N) is 2. The van der Waals surface area contributed by atoms with Gasteiger partial charge in [-0.2, -0.15) is 0 Å². The van der Waals surface area contributed by atoms with Crippen molar-refractivity contribution in [1.82, 2.24) is 19.8 Å². The number of aliphatic hydroxyl groups is 1. The fraction of sp³-hybridized carbons (Fsp3) is 0.333. The van der Waals surface area contributed by atoms with Crippen LogP contribution in [0.15, 0.2) is 41.3 Å². The van der Waals surface area contributed by atoms with Crippen molar-refractivity contribution in [3.63, 3.8) is 0 Å². The van der Waals surface area contributed by atoms with Gasteiger partial charge < -0.3 is 34.4 Å². The molecule has 4 aliphatic heterocycles. The van der Waals surface area contributed by atoms with Crippen molar-refractivity contribution in [2.24, 2.45) is 0 Å². The van der Waals surface area contributed by atoms with Crippen LogP contribution < -0.4 is 45.1 Å². The van der Waals surface area contributed by atoms with E-state index in [9.17, 15) is 14.8 Å². The minimum atomic E-state index is -3.68. The molecule has 0 aliphatic carbocycles. The number of imidazole rings is 1. The molecule has 2 aromatic rings. The molecule has 2 saturated heterocycles. The van der Waals surface area contributed by atoms with Gasteiger partial charge in [-0.05, 0) is 21.5 Å². The molecule has 1 aromatic carbocycles. The van der Waals surface area contributed by atoms with Crippen LogP contribution in [0.2, 0.25) is 0 Å². The molecule has 5 heterocycles. The number of rotatable bonds is 2. The molecular weight excluding hydrogens is 548 g/mol. The Hall–Kier alpha value is -0.830. The van der Waals surface area contributed by atoms with Gasteiger partial charge in [-0.1, -0.05) is 42.1 Å². The van der Waals surface area contributed by atoms with E-state index in [1.54, 1.807) is 6.20 Å². The molecule has 15 heteroatoms. The van der Waals surface area contributed by atoms with Crippen LogP contribution in [0.3, 0.4) is 0 Å². The Morgan fingerprint density at radius 3 is 2.82 bits per heavy atom. The number of amides is 1. The van der Waals surface area contributed by atoms with E-state index >= 15 is 0 Å². The Kier molecular flexibility index (Phi) is 6.28. The summed E-state index contributed by atoms with van der Waals surface area (Å²) in [4.78, 5) is 31.1. The number of aromatic nitrogens is 2. The fourth-order valence-electron chi connectivity index (χ4n) is 4.24. The summed E-state index contributed by atoms with van der Waals surface area (Å²) in [5, 5.41) is 17.4. The van der Waals surface area contributed by atoms with E-state index in [1.165, 1.54) is 9.47 Å². The van der Waals surface area contributed by atoms with Crippen LogP contribution in [0, 0.1) is 0 Å². The van der Waals surface area contributed by atoms with Gasteiger partial charge in [-0.25, -0.2) is 4.98 Å². The van der Waals surface area contributed by atoms with Gasteiger partial charge in [0.2, 0.25) is 0 Å². The number of fused-ring (bicyclic) bond motifs is 3. The van der Waals surface area contributed by atoms with Crippen molar-refractivity contribution in [3.8, 4) is 0 Å². The van der Waals surface area contributed by atoms with E-state index in [-0.39, 0.29) is 52.5 Å².